The molecule has 0 fully saturated rings. The number of hydrogen-bond donors (Lipinski definition) is 0. The molecule has 0 nitrogen and oxygen atoms in total. The van der Waals surface area contributed by atoms with Crippen molar-refractivity contribution >= 4 is 37.4 Å². The lowest BCUT2D eigenvalue weighted by Gasteiger charge is -2.01. The lowest BCUT2D eigenvalue weighted by molar-refractivity contribution is 1.13. The Hall–Kier alpha value is -0.340. The van der Waals surface area contributed by atoms with Crippen molar-refractivity contribution in [3.8, 4) is 0 Å². The van der Waals surface area contributed by atoms with Crippen LogP contribution in [0.1, 0.15) is 24.3 Å². The Kier molecular flexibility index (Phi) is 2.93. The fourth-order valence-corrected chi connectivity index (χ4v) is 3.51. The molecule has 2 aromatic rings. The minimum atomic E-state index is 1.09. The zero-order valence-corrected chi connectivity index (χ0v) is 10.8. The highest BCUT2D eigenvalue weighted by Gasteiger charge is 2.06. The van der Waals surface area contributed by atoms with Crippen molar-refractivity contribution in [3.05, 3.63) is 33.1 Å². The van der Waals surface area contributed by atoms with E-state index in [0.717, 1.165) is 12.8 Å². The van der Waals surface area contributed by atoms with Gasteiger partial charge >= 0.3 is 0 Å². The second kappa shape index (κ2) is 4.03. The summed E-state index contributed by atoms with van der Waals surface area (Å²) < 4.78 is 2.68. The standard InChI is InChI=1S/C12H13BrS/c1-3-8-5-6-11-10(12(8)13)7-9(4-2)14-11/h5-7H,3-4H2,1-2H3. The monoisotopic (exact) mass is 268 g/mol. The number of fused-ring (bicyclic) bond motifs is 1. The molecule has 0 atom stereocenters. The van der Waals surface area contributed by atoms with Crippen LogP contribution >= 0.6 is 27.3 Å². The zero-order valence-electron chi connectivity index (χ0n) is 8.43. The molecule has 74 valence electrons. The Morgan fingerprint density at radius 3 is 2.64 bits per heavy atom. The Labute approximate surface area is 97.1 Å². The van der Waals surface area contributed by atoms with E-state index in [0.29, 0.717) is 0 Å². The fourth-order valence-electron chi connectivity index (χ4n) is 1.62. The van der Waals surface area contributed by atoms with Gasteiger partial charge in [-0.1, -0.05) is 19.9 Å². The summed E-state index contributed by atoms with van der Waals surface area (Å²) in [5, 5.41) is 1.38. The SMILES string of the molecule is CCc1cc2c(Br)c(CC)ccc2s1. The molecule has 0 spiro atoms. The molecular weight excluding hydrogens is 256 g/mol. The van der Waals surface area contributed by atoms with Crippen molar-refractivity contribution in [1.82, 2.24) is 0 Å². The molecule has 2 heteroatoms. The summed E-state index contributed by atoms with van der Waals surface area (Å²) in [5.41, 5.74) is 1.40. The van der Waals surface area contributed by atoms with Crippen LogP contribution in [0.5, 0.6) is 0 Å². The van der Waals surface area contributed by atoms with Crippen molar-refractivity contribution in [2.75, 3.05) is 0 Å². The fraction of sp³-hybridized carbons (Fsp3) is 0.333. The Balaban J connectivity index is 2.68. The molecule has 1 aromatic heterocycles. The van der Waals surface area contributed by atoms with Crippen molar-refractivity contribution < 1.29 is 0 Å². The van der Waals surface area contributed by atoms with Gasteiger partial charge in [0, 0.05) is 19.4 Å². The summed E-state index contributed by atoms with van der Waals surface area (Å²) in [6, 6.07) is 6.77. The molecule has 0 aliphatic heterocycles. The molecule has 0 amide bonds. The number of halogens is 1. The quantitative estimate of drug-likeness (QED) is 0.735. The Morgan fingerprint density at radius 2 is 2.00 bits per heavy atom. The molecule has 1 heterocycles. The second-order valence-corrected chi connectivity index (χ2v) is 5.33. The predicted octanol–water partition coefficient (Wildman–Crippen LogP) is 4.79. The normalized spacial score (nSPS) is 11.1. The topological polar surface area (TPSA) is 0 Å². The summed E-state index contributed by atoms with van der Waals surface area (Å²) >= 11 is 5.59. The summed E-state index contributed by atoms with van der Waals surface area (Å²) in [6.07, 6.45) is 2.22. The van der Waals surface area contributed by atoms with E-state index in [1.165, 1.54) is 25.0 Å². The van der Waals surface area contributed by atoms with Gasteiger partial charge in [-0.15, -0.1) is 11.3 Å². The molecule has 0 unspecified atom stereocenters. The van der Waals surface area contributed by atoms with Crippen LogP contribution < -0.4 is 0 Å². The van der Waals surface area contributed by atoms with E-state index in [-0.39, 0.29) is 0 Å². The van der Waals surface area contributed by atoms with Crippen LogP contribution in [-0.2, 0) is 12.8 Å². The Morgan fingerprint density at radius 1 is 1.21 bits per heavy atom. The summed E-state index contributed by atoms with van der Waals surface area (Å²) in [4.78, 5) is 1.47. The van der Waals surface area contributed by atoms with Crippen LogP contribution in [0.15, 0.2) is 22.7 Å². The van der Waals surface area contributed by atoms with Gasteiger partial charge in [-0.25, -0.2) is 0 Å². The molecule has 0 radical (unpaired) electrons. The predicted molar refractivity (Wildman–Crippen MR) is 68.3 cm³/mol. The smallest absolute Gasteiger partial charge is 0.0357 e. The van der Waals surface area contributed by atoms with Crippen LogP contribution in [0, 0.1) is 0 Å². The number of thiophene rings is 1. The minimum Gasteiger partial charge on any atom is -0.140 e. The largest absolute Gasteiger partial charge is 0.140 e. The molecule has 0 aliphatic rings. The maximum absolute atomic E-state index is 3.69. The molecular formula is C12H13BrS. The number of rotatable bonds is 2. The molecule has 0 saturated heterocycles. The summed E-state index contributed by atoms with van der Waals surface area (Å²) in [7, 11) is 0. The molecule has 0 saturated carbocycles. The molecule has 2 rings (SSSR count). The van der Waals surface area contributed by atoms with E-state index in [2.05, 4.69) is 48.0 Å². The first-order chi connectivity index (χ1) is 6.76. The summed E-state index contributed by atoms with van der Waals surface area (Å²) in [6.45, 7) is 4.40. The van der Waals surface area contributed by atoms with E-state index in [1.807, 2.05) is 11.3 Å². The van der Waals surface area contributed by atoms with Gasteiger partial charge in [-0.2, -0.15) is 0 Å². The van der Waals surface area contributed by atoms with E-state index >= 15 is 0 Å². The van der Waals surface area contributed by atoms with Gasteiger partial charge < -0.3 is 0 Å². The first kappa shape index (κ1) is 10.2. The minimum absolute atomic E-state index is 1.09. The third kappa shape index (κ3) is 1.61. The van der Waals surface area contributed by atoms with Crippen LogP contribution in [-0.4, -0.2) is 0 Å². The first-order valence-electron chi connectivity index (χ1n) is 4.96. The molecule has 0 N–H and O–H groups in total. The average molecular weight is 269 g/mol. The van der Waals surface area contributed by atoms with Crippen molar-refractivity contribution in [1.29, 1.82) is 0 Å². The lowest BCUT2D eigenvalue weighted by Crippen LogP contribution is -1.81. The van der Waals surface area contributed by atoms with Gasteiger partial charge in [0.15, 0.2) is 0 Å². The van der Waals surface area contributed by atoms with E-state index in [4.69, 9.17) is 0 Å². The van der Waals surface area contributed by atoms with Crippen LogP contribution in [0.3, 0.4) is 0 Å². The second-order valence-electron chi connectivity index (χ2n) is 3.37. The van der Waals surface area contributed by atoms with E-state index in [1.54, 1.807) is 0 Å². The van der Waals surface area contributed by atoms with Gasteiger partial charge in [0.2, 0.25) is 0 Å². The molecule has 1 aromatic carbocycles. The van der Waals surface area contributed by atoms with Crippen LogP contribution in [0.4, 0.5) is 0 Å². The highest BCUT2D eigenvalue weighted by molar-refractivity contribution is 9.10. The van der Waals surface area contributed by atoms with E-state index < -0.39 is 0 Å². The number of aryl methyl sites for hydroxylation is 2. The maximum atomic E-state index is 3.69. The van der Waals surface area contributed by atoms with Crippen molar-refractivity contribution in [3.63, 3.8) is 0 Å². The maximum Gasteiger partial charge on any atom is 0.0357 e. The van der Waals surface area contributed by atoms with Gasteiger partial charge in [0.1, 0.15) is 0 Å². The average Bonchev–Trinajstić information content (AvgIpc) is 2.62. The molecule has 14 heavy (non-hydrogen) atoms. The zero-order chi connectivity index (χ0) is 10.1. The summed E-state index contributed by atoms with van der Waals surface area (Å²) in [5.74, 6) is 0. The van der Waals surface area contributed by atoms with Crippen LogP contribution in [0.2, 0.25) is 0 Å². The highest BCUT2D eigenvalue weighted by Crippen LogP contribution is 2.34. The van der Waals surface area contributed by atoms with Gasteiger partial charge in [-0.05, 0) is 46.5 Å². The van der Waals surface area contributed by atoms with Gasteiger partial charge in [0.25, 0.3) is 0 Å². The highest BCUT2D eigenvalue weighted by atomic mass is 79.9. The third-order valence-corrected chi connectivity index (χ3v) is 4.68. The Bertz CT molecular complexity index is 457. The van der Waals surface area contributed by atoms with Crippen LogP contribution in [0.25, 0.3) is 10.1 Å². The van der Waals surface area contributed by atoms with E-state index in [9.17, 15) is 0 Å². The molecule has 0 bridgehead atoms. The first-order valence-corrected chi connectivity index (χ1v) is 6.57. The molecule has 0 aliphatic carbocycles. The number of hydrogen-bond acceptors (Lipinski definition) is 1. The third-order valence-electron chi connectivity index (χ3n) is 2.50. The lowest BCUT2D eigenvalue weighted by atomic mass is 10.1. The van der Waals surface area contributed by atoms with Crippen molar-refractivity contribution in [2.45, 2.75) is 26.7 Å². The van der Waals surface area contributed by atoms with Gasteiger partial charge in [-0.3, -0.25) is 0 Å². The van der Waals surface area contributed by atoms with Gasteiger partial charge in [0.05, 0.1) is 0 Å². The van der Waals surface area contributed by atoms with Crippen molar-refractivity contribution in [2.24, 2.45) is 0 Å². The number of benzene rings is 1.